The number of hydrogen-bond acceptors (Lipinski definition) is 4. The molecule has 0 aromatic heterocycles. The molecule has 2 aliphatic carbocycles. The SMILES string of the molecule is O=C1O[C@@H]2C[C@H]1CC[C@H]2OC1(O)CCCC1. The van der Waals surface area contributed by atoms with Crippen molar-refractivity contribution >= 4 is 5.97 Å². The standard InChI is InChI=1S/C12H18O4/c13-11-8-3-4-9(10(7-8)15-11)16-12(14)5-1-2-6-12/h8-10,14H,1-7H2/t8-,9-,10-/m1/s1. The third-order valence-corrected chi connectivity index (χ3v) is 4.09. The van der Waals surface area contributed by atoms with E-state index in [9.17, 15) is 9.90 Å². The average Bonchev–Trinajstić information content (AvgIpc) is 2.78. The third kappa shape index (κ3) is 1.74. The van der Waals surface area contributed by atoms with Crippen LogP contribution in [-0.2, 0) is 14.3 Å². The number of carbonyl (C=O) groups is 1. The predicted molar refractivity (Wildman–Crippen MR) is 55.5 cm³/mol. The van der Waals surface area contributed by atoms with Gasteiger partial charge in [-0.1, -0.05) is 0 Å². The first-order chi connectivity index (χ1) is 7.66. The minimum absolute atomic E-state index is 0.0745. The van der Waals surface area contributed by atoms with Gasteiger partial charge in [0.25, 0.3) is 0 Å². The van der Waals surface area contributed by atoms with Gasteiger partial charge >= 0.3 is 5.97 Å². The maximum absolute atomic E-state index is 11.4. The van der Waals surface area contributed by atoms with Crippen LogP contribution in [0.2, 0.25) is 0 Å². The summed E-state index contributed by atoms with van der Waals surface area (Å²) in [5.74, 6) is -0.940. The van der Waals surface area contributed by atoms with Gasteiger partial charge in [0.05, 0.1) is 12.0 Å². The summed E-state index contributed by atoms with van der Waals surface area (Å²) in [5, 5.41) is 10.2. The van der Waals surface area contributed by atoms with Crippen molar-refractivity contribution in [3.63, 3.8) is 0 Å². The maximum atomic E-state index is 11.4. The average molecular weight is 226 g/mol. The van der Waals surface area contributed by atoms with Crippen molar-refractivity contribution in [1.29, 1.82) is 0 Å². The second-order valence-electron chi connectivity index (χ2n) is 5.29. The number of esters is 1. The van der Waals surface area contributed by atoms with E-state index in [2.05, 4.69) is 0 Å². The van der Waals surface area contributed by atoms with E-state index in [0.717, 1.165) is 32.1 Å². The summed E-state index contributed by atoms with van der Waals surface area (Å²) in [6, 6.07) is 0. The Hall–Kier alpha value is -0.610. The summed E-state index contributed by atoms with van der Waals surface area (Å²) in [5.41, 5.74) is 0. The van der Waals surface area contributed by atoms with Gasteiger partial charge in [0, 0.05) is 19.3 Å². The molecule has 3 rings (SSSR count). The van der Waals surface area contributed by atoms with E-state index in [-0.39, 0.29) is 24.1 Å². The molecule has 0 radical (unpaired) electrons. The van der Waals surface area contributed by atoms with Gasteiger partial charge in [-0.3, -0.25) is 4.79 Å². The first kappa shape index (κ1) is 10.5. The van der Waals surface area contributed by atoms with E-state index in [4.69, 9.17) is 9.47 Å². The van der Waals surface area contributed by atoms with Crippen LogP contribution in [0.15, 0.2) is 0 Å². The largest absolute Gasteiger partial charge is 0.459 e. The predicted octanol–water partition coefficient (Wildman–Crippen LogP) is 1.36. The Bertz CT molecular complexity index is 295. The van der Waals surface area contributed by atoms with Crippen molar-refractivity contribution in [2.75, 3.05) is 0 Å². The molecule has 3 atom stereocenters. The quantitative estimate of drug-likeness (QED) is 0.570. The molecule has 0 aromatic carbocycles. The smallest absolute Gasteiger partial charge is 0.309 e. The van der Waals surface area contributed by atoms with E-state index in [1.807, 2.05) is 0 Å². The summed E-state index contributed by atoms with van der Waals surface area (Å²) < 4.78 is 11.1. The van der Waals surface area contributed by atoms with Gasteiger partial charge in [0.2, 0.25) is 0 Å². The minimum atomic E-state index is -0.952. The second kappa shape index (κ2) is 3.70. The molecular weight excluding hydrogens is 208 g/mol. The van der Waals surface area contributed by atoms with E-state index < -0.39 is 5.79 Å². The third-order valence-electron chi connectivity index (χ3n) is 4.09. The maximum Gasteiger partial charge on any atom is 0.309 e. The van der Waals surface area contributed by atoms with Gasteiger partial charge < -0.3 is 14.6 Å². The number of rotatable bonds is 2. The molecule has 90 valence electrons. The van der Waals surface area contributed by atoms with Crippen molar-refractivity contribution < 1.29 is 19.4 Å². The van der Waals surface area contributed by atoms with Crippen LogP contribution < -0.4 is 0 Å². The van der Waals surface area contributed by atoms with E-state index in [1.165, 1.54) is 0 Å². The Kier molecular flexibility index (Phi) is 2.44. The number of aliphatic hydroxyl groups is 1. The van der Waals surface area contributed by atoms with Crippen LogP contribution in [0.3, 0.4) is 0 Å². The highest BCUT2D eigenvalue weighted by atomic mass is 16.6. The molecule has 2 saturated carbocycles. The molecule has 16 heavy (non-hydrogen) atoms. The molecule has 1 saturated heterocycles. The summed E-state index contributed by atoms with van der Waals surface area (Å²) in [6.45, 7) is 0. The molecule has 1 aliphatic heterocycles. The monoisotopic (exact) mass is 226 g/mol. The summed E-state index contributed by atoms with van der Waals surface area (Å²) in [6.07, 6.45) is 5.73. The zero-order valence-corrected chi connectivity index (χ0v) is 9.35. The summed E-state index contributed by atoms with van der Waals surface area (Å²) in [7, 11) is 0. The van der Waals surface area contributed by atoms with E-state index >= 15 is 0 Å². The Morgan fingerprint density at radius 2 is 2.06 bits per heavy atom. The fourth-order valence-corrected chi connectivity index (χ4v) is 3.15. The Labute approximate surface area is 94.9 Å². The van der Waals surface area contributed by atoms with Gasteiger partial charge in [0.15, 0.2) is 5.79 Å². The topological polar surface area (TPSA) is 55.8 Å². The zero-order valence-electron chi connectivity index (χ0n) is 9.35. The molecular formula is C12H18O4. The minimum Gasteiger partial charge on any atom is -0.459 e. The van der Waals surface area contributed by atoms with Crippen LogP contribution in [0.1, 0.15) is 44.9 Å². The molecule has 4 nitrogen and oxygen atoms in total. The van der Waals surface area contributed by atoms with Gasteiger partial charge in [-0.15, -0.1) is 0 Å². The highest BCUT2D eigenvalue weighted by molar-refractivity contribution is 5.75. The van der Waals surface area contributed by atoms with E-state index in [0.29, 0.717) is 12.8 Å². The van der Waals surface area contributed by atoms with Gasteiger partial charge in [0.1, 0.15) is 6.10 Å². The van der Waals surface area contributed by atoms with Crippen LogP contribution in [0, 0.1) is 5.92 Å². The number of fused-ring (bicyclic) bond motifs is 2. The lowest BCUT2D eigenvalue weighted by molar-refractivity contribution is -0.244. The molecule has 3 aliphatic rings. The van der Waals surface area contributed by atoms with Crippen LogP contribution >= 0.6 is 0 Å². The Morgan fingerprint density at radius 1 is 1.31 bits per heavy atom. The lowest BCUT2D eigenvalue weighted by atomic mass is 9.88. The molecule has 3 fully saturated rings. The Morgan fingerprint density at radius 3 is 2.81 bits per heavy atom. The molecule has 0 amide bonds. The molecule has 0 aromatic rings. The molecule has 0 unspecified atom stereocenters. The van der Waals surface area contributed by atoms with Gasteiger partial charge in [-0.25, -0.2) is 0 Å². The normalized spacial score (nSPS) is 41.1. The second-order valence-corrected chi connectivity index (χ2v) is 5.29. The van der Waals surface area contributed by atoms with Crippen molar-refractivity contribution in [2.24, 2.45) is 5.92 Å². The van der Waals surface area contributed by atoms with Crippen molar-refractivity contribution in [3.8, 4) is 0 Å². The molecule has 1 N–H and O–H groups in total. The highest BCUT2D eigenvalue weighted by Crippen LogP contribution is 2.40. The Balaban J connectivity index is 1.65. The number of carbonyl (C=O) groups excluding carboxylic acids is 1. The fourth-order valence-electron chi connectivity index (χ4n) is 3.15. The van der Waals surface area contributed by atoms with Gasteiger partial charge in [-0.2, -0.15) is 0 Å². The van der Waals surface area contributed by atoms with Crippen LogP contribution in [0.25, 0.3) is 0 Å². The van der Waals surface area contributed by atoms with Crippen molar-refractivity contribution in [1.82, 2.24) is 0 Å². The fraction of sp³-hybridized carbons (Fsp3) is 0.917. The number of hydrogen-bond donors (Lipinski definition) is 1. The first-order valence-corrected chi connectivity index (χ1v) is 6.27. The number of ether oxygens (including phenoxy) is 2. The van der Waals surface area contributed by atoms with Crippen LogP contribution in [0.5, 0.6) is 0 Å². The summed E-state index contributed by atoms with van der Waals surface area (Å²) >= 11 is 0. The summed E-state index contributed by atoms with van der Waals surface area (Å²) in [4.78, 5) is 11.4. The van der Waals surface area contributed by atoms with Crippen LogP contribution in [0.4, 0.5) is 0 Å². The molecule has 4 heteroatoms. The molecule has 0 spiro atoms. The molecule has 2 bridgehead atoms. The van der Waals surface area contributed by atoms with Crippen molar-refractivity contribution in [2.45, 2.75) is 62.9 Å². The van der Waals surface area contributed by atoms with Crippen LogP contribution in [-0.4, -0.2) is 29.1 Å². The zero-order chi connectivity index (χ0) is 11.2. The highest BCUT2D eigenvalue weighted by Gasteiger charge is 2.47. The molecule has 1 heterocycles. The lowest BCUT2D eigenvalue weighted by Crippen LogP contribution is -2.41. The van der Waals surface area contributed by atoms with Crippen molar-refractivity contribution in [3.05, 3.63) is 0 Å². The first-order valence-electron chi connectivity index (χ1n) is 6.27. The van der Waals surface area contributed by atoms with E-state index in [1.54, 1.807) is 0 Å². The van der Waals surface area contributed by atoms with Gasteiger partial charge in [-0.05, 0) is 25.7 Å². The lowest BCUT2D eigenvalue weighted by Gasteiger charge is -2.33.